The van der Waals surface area contributed by atoms with Crippen molar-refractivity contribution in [2.45, 2.75) is 44.8 Å². The van der Waals surface area contributed by atoms with Gasteiger partial charge in [0.1, 0.15) is 12.2 Å². The maximum absolute atomic E-state index is 12.2. The Morgan fingerprint density at radius 3 is 2.94 bits per heavy atom. The number of rotatable bonds is 5. The van der Waals surface area contributed by atoms with Crippen LogP contribution >= 0.6 is 0 Å². The van der Waals surface area contributed by atoms with E-state index in [-0.39, 0.29) is 11.8 Å². The predicted molar refractivity (Wildman–Crippen MR) is 59.0 cm³/mol. The number of carbonyl (C=O) groups excluding carboxylic acids is 1. The van der Waals surface area contributed by atoms with E-state index in [0.717, 1.165) is 30.4 Å². The molecule has 5 nitrogen and oxygen atoms in total. The quantitative estimate of drug-likeness (QED) is 0.820. The predicted octanol–water partition coefficient (Wildman–Crippen LogP) is 1.75. The van der Waals surface area contributed by atoms with Crippen LogP contribution in [0.1, 0.15) is 36.2 Å². The SMILES string of the molecule is O=C(NOC1CCCC1)c1ccnn1CC(F)F. The molecular weight excluding hydrogens is 244 g/mol. The zero-order valence-corrected chi connectivity index (χ0v) is 9.81. The largest absolute Gasteiger partial charge is 0.293 e. The van der Waals surface area contributed by atoms with E-state index in [0.29, 0.717) is 0 Å². The van der Waals surface area contributed by atoms with Gasteiger partial charge in [0.05, 0.1) is 6.10 Å². The molecule has 0 saturated heterocycles. The third-order valence-electron chi connectivity index (χ3n) is 2.88. The third-order valence-corrected chi connectivity index (χ3v) is 2.88. The molecule has 1 aliphatic carbocycles. The molecule has 2 rings (SSSR count). The van der Waals surface area contributed by atoms with Crippen molar-refractivity contribution in [1.82, 2.24) is 15.3 Å². The first kappa shape index (κ1) is 12.9. The number of nitrogens with one attached hydrogen (secondary N) is 1. The molecule has 0 aromatic carbocycles. The van der Waals surface area contributed by atoms with Crippen molar-refractivity contribution in [2.24, 2.45) is 0 Å². The van der Waals surface area contributed by atoms with Crippen LogP contribution in [0.2, 0.25) is 0 Å². The molecule has 1 N–H and O–H groups in total. The minimum atomic E-state index is -2.55. The van der Waals surface area contributed by atoms with Crippen molar-refractivity contribution in [3.8, 4) is 0 Å². The van der Waals surface area contributed by atoms with Crippen molar-refractivity contribution in [2.75, 3.05) is 0 Å². The summed E-state index contributed by atoms with van der Waals surface area (Å²) in [6.07, 6.45) is 2.79. The molecule has 100 valence electrons. The van der Waals surface area contributed by atoms with Crippen molar-refractivity contribution in [1.29, 1.82) is 0 Å². The number of halogens is 2. The summed E-state index contributed by atoms with van der Waals surface area (Å²) in [5.74, 6) is -0.542. The second-order valence-corrected chi connectivity index (χ2v) is 4.25. The second-order valence-electron chi connectivity index (χ2n) is 4.25. The molecule has 0 bridgehead atoms. The number of aromatic nitrogens is 2. The first-order valence-corrected chi connectivity index (χ1v) is 5.93. The van der Waals surface area contributed by atoms with E-state index in [9.17, 15) is 13.6 Å². The molecule has 1 heterocycles. The van der Waals surface area contributed by atoms with Crippen LogP contribution in [0, 0.1) is 0 Å². The molecule has 1 saturated carbocycles. The third kappa shape index (κ3) is 3.25. The lowest BCUT2D eigenvalue weighted by molar-refractivity contribution is -0.0132. The number of hydroxylamine groups is 1. The lowest BCUT2D eigenvalue weighted by Gasteiger charge is -2.12. The maximum atomic E-state index is 12.2. The highest BCUT2D eigenvalue weighted by Gasteiger charge is 2.19. The second kappa shape index (κ2) is 5.90. The molecule has 1 amide bonds. The first-order chi connectivity index (χ1) is 8.66. The lowest BCUT2D eigenvalue weighted by atomic mass is 10.3. The summed E-state index contributed by atoms with van der Waals surface area (Å²) in [5.41, 5.74) is 2.37. The molecule has 1 fully saturated rings. The fourth-order valence-corrected chi connectivity index (χ4v) is 2.00. The van der Waals surface area contributed by atoms with Gasteiger partial charge in [-0.15, -0.1) is 0 Å². The molecule has 18 heavy (non-hydrogen) atoms. The number of carbonyl (C=O) groups is 1. The monoisotopic (exact) mass is 259 g/mol. The molecule has 1 aromatic heterocycles. The Bertz CT molecular complexity index is 403. The highest BCUT2D eigenvalue weighted by atomic mass is 19.3. The highest BCUT2D eigenvalue weighted by Crippen LogP contribution is 2.20. The van der Waals surface area contributed by atoms with Gasteiger partial charge in [0, 0.05) is 6.20 Å². The molecule has 0 unspecified atom stereocenters. The van der Waals surface area contributed by atoms with Gasteiger partial charge in [0.15, 0.2) is 0 Å². The van der Waals surface area contributed by atoms with E-state index < -0.39 is 18.9 Å². The van der Waals surface area contributed by atoms with E-state index in [2.05, 4.69) is 10.6 Å². The molecule has 1 aromatic rings. The van der Waals surface area contributed by atoms with E-state index in [4.69, 9.17) is 4.84 Å². The fraction of sp³-hybridized carbons (Fsp3) is 0.636. The van der Waals surface area contributed by atoms with E-state index in [1.165, 1.54) is 12.3 Å². The molecule has 0 atom stereocenters. The zero-order chi connectivity index (χ0) is 13.0. The average molecular weight is 259 g/mol. The standard InChI is InChI=1S/C11H15F2N3O2/c12-10(13)7-16-9(5-6-14-16)11(17)15-18-8-3-1-2-4-8/h5-6,8,10H,1-4,7H2,(H,15,17). The smallest absolute Gasteiger partial charge is 0.270 e. The Hall–Kier alpha value is -1.50. The van der Waals surface area contributed by atoms with Gasteiger partial charge < -0.3 is 0 Å². The normalized spacial score (nSPS) is 16.4. The summed E-state index contributed by atoms with van der Waals surface area (Å²) in [7, 11) is 0. The Kier molecular flexibility index (Phi) is 4.24. The molecule has 0 radical (unpaired) electrons. The van der Waals surface area contributed by atoms with Crippen LogP contribution < -0.4 is 5.48 Å². The number of hydrogen-bond acceptors (Lipinski definition) is 3. The van der Waals surface area contributed by atoms with Crippen LogP contribution in [-0.4, -0.2) is 28.2 Å². The number of amides is 1. The van der Waals surface area contributed by atoms with Crippen LogP contribution in [0.3, 0.4) is 0 Å². The topological polar surface area (TPSA) is 56.1 Å². The minimum Gasteiger partial charge on any atom is -0.270 e. The summed E-state index contributed by atoms with van der Waals surface area (Å²) in [5, 5.41) is 3.68. The molecular formula is C11H15F2N3O2. The average Bonchev–Trinajstić information content (AvgIpc) is 2.95. The highest BCUT2D eigenvalue weighted by molar-refractivity contribution is 5.91. The molecule has 1 aliphatic rings. The minimum absolute atomic E-state index is 0.0282. The molecule has 0 spiro atoms. The van der Waals surface area contributed by atoms with Gasteiger partial charge in [-0.3, -0.25) is 14.3 Å². The fourth-order valence-electron chi connectivity index (χ4n) is 2.00. The Morgan fingerprint density at radius 1 is 1.56 bits per heavy atom. The van der Waals surface area contributed by atoms with E-state index in [1.54, 1.807) is 0 Å². The van der Waals surface area contributed by atoms with Crippen molar-refractivity contribution < 1.29 is 18.4 Å². The summed E-state index contributed by atoms with van der Waals surface area (Å²) in [4.78, 5) is 16.9. The Morgan fingerprint density at radius 2 is 2.28 bits per heavy atom. The molecule has 7 heteroatoms. The maximum Gasteiger partial charge on any atom is 0.293 e. The van der Waals surface area contributed by atoms with Gasteiger partial charge in [-0.25, -0.2) is 14.3 Å². The summed E-state index contributed by atoms with van der Waals surface area (Å²) in [6, 6.07) is 1.38. The van der Waals surface area contributed by atoms with Crippen LogP contribution in [0.5, 0.6) is 0 Å². The summed E-state index contributed by atoms with van der Waals surface area (Å²) < 4.78 is 25.5. The number of alkyl halides is 2. The first-order valence-electron chi connectivity index (χ1n) is 5.93. The van der Waals surface area contributed by atoms with Gasteiger partial charge in [-0.2, -0.15) is 5.10 Å². The lowest BCUT2D eigenvalue weighted by Crippen LogP contribution is -2.30. The zero-order valence-electron chi connectivity index (χ0n) is 9.81. The van der Waals surface area contributed by atoms with Crippen LogP contribution in [-0.2, 0) is 11.4 Å². The van der Waals surface area contributed by atoms with Crippen LogP contribution in [0.4, 0.5) is 8.78 Å². The van der Waals surface area contributed by atoms with Crippen LogP contribution in [0.15, 0.2) is 12.3 Å². The number of nitrogens with zero attached hydrogens (tertiary/aromatic N) is 2. The van der Waals surface area contributed by atoms with Crippen molar-refractivity contribution in [3.05, 3.63) is 18.0 Å². The molecule has 0 aliphatic heterocycles. The van der Waals surface area contributed by atoms with Crippen molar-refractivity contribution >= 4 is 5.91 Å². The van der Waals surface area contributed by atoms with Crippen molar-refractivity contribution in [3.63, 3.8) is 0 Å². The summed E-state index contributed by atoms with van der Waals surface area (Å²) in [6.45, 7) is -0.598. The van der Waals surface area contributed by atoms with Gasteiger partial charge in [0.25, 0.3) is 12.3 Å². The van der Waals surface area contributed by atoms with Gasteiger partial charge in [0.2, 0.25) is 0 Å². The summed E-state index contributed by atoms with van der Waals surface area (Å²) >= 11 is 0. The number of hydrogen-bond donors (Lipinski definition) is 1. The van der Waals surface area contributed by atoms with Gasteiger partial charge >= 0.3 is 0 Å². The Labute approximate surface area is 103 Å². The Balaban J connectivity index is 1.89. The van der Waals surface area contributed by atoms with E-state index >= 15 is 0 Å². The van der Waals surface area contributed by atoms with Gasteiger partial charge in [-0.05, 0) is 18.9 Å². The van der Waals surface area contributed by atoms with Gasteiger partial charge in [-0.1, -0.05) is 12.8 Å². The van der Waals surface area contributed by atoms with Crippen LogP contribution in [0.25, 0.3) is 0 Å². The van der Waals surface area contributed by atoms with E-state index in [1.807, 2.05) is 0 Å².